The van der Waals surface area contributed by atoms with Gasteiger partial charge in [-0.15, -0.1) is 0 Å². The highest BCUT2D eigenvalue weighted by Crippen LogP contribution is 2.27. The summed E-state index contributed by atoms with van der Waals surface area (Å²) in [6.07, 6.45) is 5.82. The van der Waals surface area contributed by atoms with Crippen LogP contribution < -0.4 is 0 Å². The van der Waals surface area contributed by atoms with Gasteiger partial charge < -0.3 is 9.80 Å². The van der Waals surface area contributed by atoms with E-state index in [0.717, 1.165) is 17.9 Å². The summed E-state index contributed by atoms with van der Waals surface area (Å²) < 4.78 is 0. The second-order valence-corrected chi connectivity index (χ2v) is 7.34. The SMILES string of the molecule is CC1CCC(N2CCN(CC3CN(C)C3)CC2)CC1. The minimum atomic E-state index is 0.910. The van der Waals surface area contributed by atoms with Gasteiger partial charge in [0, 0.05) is 51.9 Å². The molecule has 1 saturated carbocycles. The van der Waals surface area contributed by atoms with E-state index in [1.54, 1.807) is 0 Å². The highest BCUT2D eigenvalue weighted by Gasteiger charge is 2.29. The zero-order valence-corrected chi connectivity index (χ0v) is 12.9. The molecule has 0 N–H and O–H groups in total. The first-order valence-corrected chi connectivity index (χ1v) is 8.35. The van der Waals surface area contributed by atoms with Crippen LogP contribution in [0.3, 0.4) is 0 Å². The summed E-state index contributed by atoms with van der Waals surface area (Å²) in [4.78, 5) is 7.93. The Kier molecular flexibility index (Phi) is 4.45. The number of nitrogens with zero attached hydrogens (tertiary/aromatic N) is 3. The van der Waals surface area contributed by atoms with Crippen LogP contribution in [-0.2, 0) is 0 Å². The van der Waals surface area contributed by atoms with Crippen LogP contribution in [0.25, 0.3) is 0 Å². The number of hydrogen-bond acceptors (Lipinski definition) is 3. The van der Waals surface area contributed by atoms with Gasteiger partial charge >= 0.3 is 0 Å². The third-order valence-corrected chi connectivity index (χ3v) is 5.56. The van der Waals surface area contributed by atoms with Gasteiger partial charge in [0.15, 0.2) is 0 Å². The normalized spacial score (nSPS) is 36.3. The van der Waals surface area contributed by atoms with Gasteiger partial charge in [0.25, 0.3) is 0 Å². The number of piperazine rings is 1. The third-order valence-electron chi connectivity index (χ3n) is 5.56. The molecule has 0 radical (unpaired) electrons. The highest BCUT2D eigenvalue weighted by molar-refractivity contribution is 4.85. The Labute approximate surface area is 118 Å². The molecule has 0 aromatic rings. The van der Waals surface area contributed by atoms with Gasteiger partial charge in [-0.05, 0) is 44.6 Å². The molecule has 19 heavy (non-hydrogen) atoms. The second kappa shape index (κ2) is 6.11. The van der Waals surface area contributed by atoms with Crippen molar-refractivity contribution in [2.24, 2.45) is 11.8 Å². The number of likely N-dealkylation sites (tertiary alicyclic amines) is 1. The Morgan fingerprint density at radius 1 is 0.895 bits per heavy atom. The van der Waals surface area contributed by atoms with Crippen LogP contribution in [0.2, 0.25) is 0 Å². The highest BCUT2D eigenvalue weighted by atomic mass is 15.3. The Morgan fingerprint density at radius 3 is 2.11 bits per heavy atom. The van der Waals surface area contributed by atoms with Crippen LogP contribution in [0.1, 0.15) is 32.6 Å². The summed E-state index contributed by atoms with van der Waals surface area (Å²) in [5, 5.41) is 0. The van der Waals surface area contributed by atoms with Crippen molar-refractivity contribution >= 4 is 0 Å². The average molecular weight is 265 g/mol. The average Bonchev–Trinajstić information content (AvgIpc) is 2.39. The summed E-state index contributed by atoms with van der Waals surface area (Å²) in [6.45, 7) is 11.7. The van der Waals surface area contributed by atoms with Crippen molar-refractivity contribution in [1.29, 1.82) is 0 Å². The predicted molar refractivity (Wildman–Crippen MR) is 80.4 cm³/mol. The van der Waals surface area contributed by atoms with Crippen molar-refractivity contribution in [3.63, 3.8) is 0 Å². The maximum atomic E-state index is 2.79. The minimum absolute atomic E-state index is 0.910. The molecule has 0 aromatic heterocycles. The van der Waals surface area contributed by atoms with E-state index >= 15 is 0 Å². The molecule has 0 unspecified atom stereocenters. The summed E-state index contributed by atoms with van der Waals surface area (Å²) in [6, 6.07) is 0.910. The fourth-order valence-corrected chi connectivity index (χ4v) is 4.23. The molecule has 0 bridgehead atoms. The first kappa shape index (κ1) is 13.8. The van der Waals surface area contributed by atoms with Crippen LogP contribution in [0.4, 0.5) is 0 Å². The zero-order valence-electron chi connectivity index (χ0n) is 12.9. The van der Waals surface area contributed by atoms with Crippen molar-refractivity contribution in [2.45, 2.75) is 38.6 Å². The Bertz CT molecular complexity index is 272. The van der Waals surface area contributed by atoms with Crippen LogP contribution in [-0.4, -0.2) is 73.6 Å². The lowest BCUT2D eigenvalue weighted by Gasteiger charge is -2.44. The summed E-state index contributed by atoms with van der Waals surface area (Å²) in [7, 11) is 2.23. The summed E-state index contributed by atoms with van der Waals surface area (Å²) in [5.74, 6) is 1.93. The van der Waals surface area contributed by atoms with E-state index in [4.69, 9.17) is 0 Å². The Hall–Kier alpha value is -0.120. The maximum absolute atomic E-state index is 2.79. The van der Waals surface area contributed by atoms with E-state index in [1.165, 1.54) is 71.5 Å². The van der Waals surface area contributed by atoms with Gasteiger partial charge in [-0.2, -0.15) is 0 Å². The molecule has 0 amide bonds. The van der Waals surface area contributed by atoms with Crippen molar-refractivity contribution in [3.8, 4) is 0 Å². The first-order chi connectivity index (χ1) is 9.20. The van der Waals surface area contributed by atoms with Gasteiger partial charge in [0.05, 0.1) is 0 Å². The van der Waals surface area contributed by atoms with Gasteiger partial charge in [-0.1, -0.05) is 6.92 Å². The Morgan fingerprint density at radius 2 is 1.53 bits per heavy atom. The Balaban J connectivity index is 1.37. The van der Waals surface area contributed by atoms with Crippen molar-refractivity contribution in [1.82, 2.24) is 14.7 Å². The molecule has 1 aliphatic carbocycles. The van der Waals surface area contributed by atoms with E-state index in [9.17, 15) is 0 Å². The van der Waals surface area contributed by atoms with Crippen LogP contribution in [0.15, 0.2) is 0 Å². The molecule has 2 saturated heterocycles. The van der Waals surface area contributed by atoms with Crippen LogP contribution in [0.5, 0.6) is 0 Å². The lowest BCUT2D eigenvalue weighted by atomic mass is 9.86. The number of rotatable bonds is 3. The van der Waals surface area contributed by atoms with Crippen molar-refractivity contribution in [2.75, 3.05) is 52.9 Å². The van der Waals surface area contributed by atoms with E-state index < -0.39 is 0 Å². The van der Waals surface area contributed by atoms with Crippen LogP contribution >= 0.6 is 0 Å². The molecule has 3 heteroatoms. The fourth-order valence-electron chi connectivity index (χ4n) is 4.23. The monoisotopic (exact) mass is 265 g/mol. The molecular formula is C16H31N3. The standard InChI is InChI=1S/C16H31N3/c1-14-3-5-16(6-4-14)19-9-7-18(8-10-19)13-15-11-17(2)12-15/h14-16H,3-13H2,1-2H3. The zero-order chi connectivity index (χ0) is 13.2. The molecule has 3 aliphatic rings. The molecule has 3 fully saturated rings. The molecule has 0 aromatic carbocycles. The molecular weight excluding hydrogens is 234 g/mol. The molecule has 3 nitrogen and oxygen atoms in total. The molecule has 0 atom stereocenters. The largest absolute Gasteiger partial charge is 0.306 e. The van der Waals surface area contributed by atoms with Gasteiger partial charge in [-0.3, -0.25) is 4.90 Å². The number of hydrogen-bond donors (Lipinski definition) is 0. The van der Waals surface area contributed by atoms with E-state index in [-0.39, 0.29) is 0 Å². The molecule has 2 aliphatic heterocycles. The molecule has 2 heterocycles. The predicted octanol–water partition coefficient (Wildman–Crippen LogP) is 1.74. The van der Waals surface area contributed by atoms with Crippen molar-refractivity contribution in [3.05, 3.63) is 0 Å². The quantitative estimate of drug-likeness (QED) is 0.770. The third kappa shape index (κ3) is 3.50. The van der Waals surface area contributed by atoms with Gasteiger partial charge in [-0.25, -0.2) is 0 Å². The summed E-state index contributed by atoms with van der Waals surface area (Å²) >= 11 is 0. The first-order valence-electron chi connectivity index (χ1n) is 8.35. The van der Waals surface area contributed by atoms with Gasteiger partial charge in [0.2, 0.25) is 0 Å². The molecule has 0 spiro atoms. The van der Waals surface area contributed by atoms with E-state index in [1.807, 2.05) is 0 Å². The van der Waals surface area contributed by atoms with Gasteiger partial charge in [0.1, 0.15) is 0 Å². The molecule has 110 valence electrons. The molecule has 3 rings (SSSR count). The van der Waals surface area contributed by atoms with E-state index in [0.29, 0.717) is 0 Å². The summed E-state index contributed by atoms with van der Waals surface area (Å²) in [5.41, 5.74) is 0. The second-order valence-electron chi connectivity index (χ2n) is 7.34. The minimum Gasteiger partial charge on any atom is -0.306 e. The topological polar surface area (TPSA) is 9.72 Å². The lowest BCUT2D eigenvalue weighted by Crippen LogP contribution is -2.55. The smallest absolute Gasteiger partial charge is 0.0113 e. The maximum Gasteiger partial charge on any atom is 0.0113 e. The van der Waals surface area contributed by atoms with Crippen molar-refractivity contribution < 1.29 is 0 Å². The van der Waals surface area contributed by atoms with E-state index in [2.05, 4.69) is 28.7 Å². The fraction of sp³-hybridized carbons (Fsp3) is 1.00. The lowest BCUT2D eigenvalue weighted by molar-refractivity contribution is 0.0390. The van der Waals surface area contributed by atoms with Crippen LogP contribution in [0, 0.1) is 11.8 Å².